The van der Waals surface area contributed by atoms with Gasteiger partial charge in [0.15, 0.2) is 23.9 Å². The number of nitriles is 1. The highest BCUT2D eigenvalue weighted by molar-refractivity contribution is 6.07. The molecule has 0 spiro atoms. The van der Waals surface area contributed by atoms with Gasteiger partial charge in [-0.05, 0) is 56.3 Å². The molecule has 0 unspecified atom stereocenters. The van der Waals surface area contributed by atoms with Crippen molar-refractivity contribution in [2.75, 3.05) is 13.7 Å². The van der Waals surface area contributed by atoms with E-state index >= 15 is 0 Å². The number of methoxy groups -OCH3 is 1. The van der Waals surface area contributed by atoms with E-state index in [4.69, 9.17) is 19.5 Å². The van der Waals surface area contributed by atoms with E-state index in [2.05, 4.69) is 0 Å². The molecule has 0 amide bonds. The number of para-hydroxylation sites is 1. The summed E-state index contributed by atoms with van der Waals surface area (Å²) in [4.78, 5) is 12.4. The Balaban J connectivity index is 2.18. The summed E-state index contributed by atoms with van der Waals surface area (Å²) < 4.78 is 16.3. The predicted octanol–water partition coefficient (Wildman–Crippen LogP) is 4.28. The molecule has 5 heteroatoms. The van der Waals surface area contributed by atoms with Crippen molar-refractivity contribution in [3.8, 4) is 23.3 Å². The second-order valence-electron chi connectivity index (χ2n) is 5.71. The fourth-order valence-corrected chi connectivity index (χ4v) is 2.28. The zero-order chi connectivity index (χ0) is 18.9. The second kappa shape index (κ2) is 9.28. The van der Waals surface area contributed by atoms with Crippen LogP contribution in [0.5, 0.6) is 17.2 Å². The van der Waals surface area contributed by atoms with Crippen molar-refractivity contribution in [1.82, 2.24) is 0 Å². The van der Waals surface area contributed by atoms with Gasteiger partial charge in [-0.3, -0.25) is 4.79 Å². The van der Waals surface area contributed by atoms with Gasteiger partial charge in [-0.1, -0.05) is 12.1 Å². The quantitative estimate of drug-likeness (QED) is 0.524. The molecule has 2 aromatic rings. The maximum Gasteiger partial charge on any atom is 0.185 e. The number of carbonyl (C=O) groups is 1. The van der Waals surface area contributed by atoms with Gasteiger partial charge in [0.1, 0.15) is 11.8 Å². The van der Waals surface area contributed by atoms with Crippen molar-refractivity contribution >= 4 is 11.9 Å². The van der Waals surface area contributed by atoms with Crippen molar-refractivity contribution in [3.63, 3.8) is 0 Å². The average molecular weight is 351 g/mol. The lowest BCUT2D eigenvalue weighted by Crippen LogP contribution is -2.08. The van der Waals surface area contributed by atoms with Crippen molar-refractivity contribution in [1.29, 1.82) is 5.26 Å². The van der Waals surface area contributed by atoms with Crippen LogP contribution in [0.25, 0.3) is 6.08 Å². The Morgan fingerprint density at radius 2 is 1.92 bits per heavy atom. The summed E-state index contributed by atoms with van der Waals surface area (Å²) in [6, 6.07) is 14.1. The van der Waals surface area contributed by atoms with Gasteiger partial charge in [0.05, 0.1) is 13.2 Å². The Morgan fingerprint density at radius 3 is 2.54 bits per heavy atom. The largest absolute Gasteiger partial charge is 0.493 e. The zero-order valence-corrected chi connectivity index (χ0v) is 15.1. The highest BCUT2D eigenvalue weighted by atomic mass is 16.5. The van der Waals surface area contributed by atoms with E-state index in [0.29, 0.717) is 22.8 Å². The van der Waals surface area contributed by atoms with Crippen molar-refractivity contribution in [2.45, 2.75) is 20.0 Å². The molecule has 0 aliphatic carbocycles. The summed E-state index contributed by atoms with van der Waals surface area (Å²) in [7, 11) is 1.58. The first-order valence-electron chi connectivity index (χ1n) is 8.21. The number of allylic oxidation sites excluding steroid dienone is 1. The molecule has 0 radical (unpaired) electrons. The van der Waals surface area contributed by atoms with Crippen LogP contribution in [-0.2, 0) is 0 Å². The zero-order valence-electron chi connectivity index (χ0n) is 15.1. The fourth-order valence-electron chi connectivity index (χ4n) is 2.28. The van der Waals surface area contributed by atoms with E-state index in [1.165, 1.54) is 6.08 Å². The maximum absolute atomic E-state index is 12.4. The molecule has 0 aliphatic rings. The number of nitrogens with zero attached hydrogens (tertiary/aromatic N) is 1. The summed E-state index contributed by atoms with van der Waals surface area (Å²) >= 11 is 0. The molecule has 2 aromatic carbocycles. The summed E-state index contributed by atoms with van der Waals surface area (Å²) in [6.07, 6.45) is 3.19. The minimum absolute atomic E-state index is 0.0184. The highest BCUT2D eigenvalue weighted by Gasteiger charge is 2.11. The van der Waals surface area contributed by atoms with Gasteiger partial charge in [-0.25, -0.2) is 0 Å². The molecular formula is C21H21NO4. The second-order valence-corrected chi connectivity index (χ2v) is 5.71. The average Bonchev–Trinajstić information content (AvgIpc) is 2.65. The predicted molar refractivity (Wildman–Crippen MR) is 99.7 cm³/mol. The third-order valence-electron chi connectivity index (χ3n) is 3.44. The van der Waals surface area contributed by atoms with Crippen LogP contribution in [0.15, 0.2) is 48.5 Å². The summed E-state index contributed by atoms with van der Waals surface area (Å²) in [5.41, 5.74) is 1.29. The van der Waals surface area contributed by atoms with Crippen molar-refractivity contribution < 1.29 is 19.0 Å². The van der Waals surface area contributed by atoms with Gasteiger partial charge < -0.3 is 14.2 Å². The smallest absolute Gasteiger partial charge is 0.185 e. The number of benzene rings is 2. The SMILES string of the molecule is COc1cccc(/C=C/C(=O)c2ccc(OCC#N)cc2)c1OC(C)C. The molecule has 0 aliphatic heterocycles. The lowest BCUT2D eigenvalue weighted by molar-refractivity contribution is 0.104. The molecule has 134 valence electrons. The number of rotatable bonds is 8. The van der Waals surface area contributed by atoms with Crippen LogP contribution in [0.4, 0.5) is 0 Å². The van der Waals surface area contributed by atoms with Crippen LogP contribution >= 0.6 is 0 Å². The molecule has 2 rings (SSSR count). The van der Waals surface area contributed by atoms with Crippen LogP contribution in [0.1, 0.15) is 29.8 Å². The Labute approximate surface area is 153 Å². The molecule has 5 nitrogen and oxygen atoms in total. The summed E-state index contributed by atoms with van der Waals surface area (Å²) in [5.74, 6) is 1.63. The van der Waals surface area contributed by atoms with Crippen molar-refractivity contribution in [3.05, 3.63) is 59.7 Å². The first-order valence-corrected chi connectivity index (χ1v) is 8.21. The summed E-state index contributed by atoms with van der Waals surface area (Å²) in [6.45, 7) is 3.84. The van der Waals surface area contributed by atoms with Crippen molar-refractivity contribution in [2.24, 2.45) is 0 Å². The first-order chi connectivity index (χ1) is 12.5. The van der Waals surface area contributed by atoms with E-state index in [1.54, 1.807) is 37.5 Å². The lowest BCUT2D eigenvalue weighted by Gasteiger charge is -2.15. The summed E-state index contributed by atoms with van der Waals surface area (Å²) in [5, 5.41) is 8.51. The minimum atomic E-state index is -0.143. The molecule has 0 aromatic heterocycles. The van der Waals surface area contributed by atoms with Crippen LogP contribution in [0.2, 0.25) is 0 Å². The number of carbonyl (C=O) groups excluding carboxylic acids is 1. The van der Waals surface area contributed by atoms with Crippen LogP contribution in [0, 0.1) is 11.3 Å². The normalized spacial score (nSPS) is 10.6. The molecule has 0 N–H and O–H groups in total. The van der Waals surface area contributed by atoms with E-state index < -0.39 is 0 Å². The third-order valence-corrected chi connectivity index (χ3v) is 3.44. The topological polar surface area (TPSA) is 68.5 Å². The van der Waals surface area contributed by atoms with Gasteiger partial charge in [-0.2, -0.15) is 5.26 Å². The number of ether oxygens (including phenoxy) is 3. The van der Waals surface area contributed by atoms with Gasteiger partial charge in [0, 0.05) is 11.1 Å². The first kappa shape index (κ1) is 19.1. The molecule has 0 atom stereocenters. The standard InChI is InChI=1S/C21H21NO4/c1-15(2)26-21-17(5-4-6-20(21)24-3)9-12-19(23)16-7-10-18(11-8-16)25-14-13-22/h4-12,15H,14H2,1-3H3/b12-9+. The van der Waals surface area contributed by atoms with E-state index in [9.17, 15) is 4.79 Å². The Morgan fingerprint density at radius 1 is 1.19 bits per heavy atom. The molecule has 0 heterocycles. The fraction of sp³-hybridized carbons (Fsp3) is 0.238. The lowest BCUT2D eigenvalue weighted by atomic mass is 10.1. The monoisotopic (exact) mass is 351 g/mol. The van der Waals surface area contributed by atoms with Crippen LogP contribution in [-0.4, -0.2) is 25.6 Å². The van der Waals surface area contributed by atoms with Crippen LogP contribution < -0.4 is 14.2 Å². The van der Waals surface area contributed by atoms with Gasteiger partial charge >= 0.3 is 0 Å². The Bertz CT molecular complexity index is 817. The van der Waals surface area contributed by atoms with Gasteiger partial charge in [0.2, 0.25) is 0 Å². The molecule has 0 bridgehead atoms. The van der Waals surface area contributed by atoms with E-state index in [0.717, 1.165) is 5.56 Å². The third kappa shape index (κ3) is 5.12. The van der Waals surface area contributed by atoms with Gasteiger partial charge in [-0.15, -0.1) is 0 Å². The molecular weight excluding hydrogens is 330 g/mol. The number of ketones is 1. The maximum atomic E-state index is 12.4. The van der Waals surface area contributed by atoms with E-state index in [-0.39, 0.29) is 18.5 Å². The highest BCUT2D eigenvalue weighted by Crippen LogP contribution is 2.33. The van der Waals surface area contributed by atoms with Gasteiger partial charge in [0.25, 0.3) is 0 Å². The Hall–Kier alpha value is -3.26. The van der Waals surface area contributed by atoms with Crippen LogP contribution in [0.3, 0.4) is 0 Å². The minimum Gasteiger partial charge on any atom is -0.493 e. The molecule has 0 saturated heterocycles. The number of hydrogen-bond donors (Lipinski definition) is 0. The Kier molecular flexibility index (Phi) is 6.81. The van der Waals surface area contributed by atoms with E-state index in [1.807, 2.05) is 38.1 Å². The molecule has 0 saturated carbocycles. The molecule has 26 heavy (non-hydrogen) atoms. The molecule has 0 fully saturated rings. The number of hydrogen-bond acceptors (Lipinski definition) is 5.